The highest BCUT2D eigenvalue weighted by molar-refractivity contribution is 6.42. The molecule has 3 aromatic rings. The van der Waals surface area contributed by atoms with Crippen molar-refractivity contribution >= 4 is 58.2 Å². The van der Waals surface area contributed by atoms with Crippen LogP contribution in [0.5, 0.6) is 0 Å². The summed E-state index contributed by atoms with van der Waals surface area (Å²) in [6.45, 7) is 0.183. The molecule has 1 N–H and O–H groups in total. The molecule has 0 unspecified atom stereocenters. The molecule has 0 aliphatic heterocycles. The van der Waals surface area contributed by atoms with Crippen molar-refractivity contribution in [3.8, 4) is 0 Å². The molecular formula is C25H22Cl4N2O2. The van der Waals surface area contributed by atoms with Gasteiger partial charge in [0, 0.05) is 20.0 Å². The Bertz CT molecular complexity index is 1140. The largest absolute Gasteiger partial charge is 0.357 e. The van der Waals surface area contributed by atoms with E-state index in [0.717, 1.165) is 11.1 Å². The van der Waals surface area contributed by atoms with Crippen LogP contribution in [-0.2, 0) is 29.0 Å². The van der Waals surface area contributed by atoms with Crippen molar-refractivity contribution in [2.24, 2.45) is 0 Å². The third kappa shape index (κ3) is 6.87. The van der Waals surface area contributed by atoms with Gasteiger partial charge in [0.15, 0.2) is 0 Å². The topological polar surface area (TPSA) is 49.4 Å². The van der Waals surface area contributed by atoms with Crippen molar-refractivity contribution in [3.63, 3.8) is 0 Å². The Morgan fingerprint density at radius 1 is 0.788 bits per heavy atom. The molecule has 0 radical (unpaired) electrons. The Morgan fingerprint density at radius 3 is 1.94 bits per heavy atom. The molecular weight excluding hydrogens is 502 g/mol. The van der Waals surface area contributed by atoms with Crippen LogP contribution in [0.15, 0.2) is 66.7 Å². The Hall–Kier alpha value is -2.24. The number of likely N-dealkylation sites (N-methyl/N-ethyl adjacent to an activating group) is 1. The molecule has 0 fully saturated rings. The highest BCUT2D eigenvalue weighted by Crippen LogP contribution is 2.26. The first-order valence-corrected chi connectivity index (χ1v) is 11.7. The SMILES string of the molecule is CNC(=O)[C@H](Cc1ccccc1)N(Cc1ccc(Cl)c(Cl)c1)C(=O)Cc1ccc(Cl)c(Cl)c1. The molecule has 1 atom stereocenters. The zero-order valence-corrected chi connectivity index (χ0v) is 20.8. The quantitative estimate of drug-likeness (QED) is 0.380. The van der Waals surface area contributed by atoms with Crippen molar-refractivity contribution in [1.82, 2.24) is 10.2 Å². The van der Waals surface area contributed by atoms with Crippen molar-refractivity contribution < 1.29 is 9.59 Å². The van der Waals surface area contributed by atoms with Crippen LogP contribution in [0.1, 0.15) is 16.7 Å². The van der Waals surface area contributed by atoms with Gasteiger partial charge in [-0.2, -0.15) is 0 Å². The van der Waals surface area contributed by atoms with Gasteiger partial charge >= 0.3 is 0 Å². The fraction of sp³-hybridized carbons (Fsp3) is 0.200. The molecule has 0 aromatic heterocycles. The van der Waals surface area contributed by atoms with Crippen molar-refractivity contribution in [2.75, 3.05) is 7.05 Å². The molecule has 0 saturated carbocycles. The average molecular weight is 524 g/mol. The van der Waals surface area contributed by atoms with Crippen LogP contribution in [-0.4, -0.2) is 29.8 Å². The summed E-state index contributed by atoms with van der Waals surface area (Å²) in [5.41, 5.74) is 2.39. The molecule has 4 nitrogen and oxygen atoms in total. The Balaban J connectivity index is 1.96. The number of carbonyl (C=O) groups is 2. The van der Waals surface area contributed by atoms with Gasteiger partial charge in [-0.3, -0.25) is 9.59 Å². The first kappa shape index (κ1) is 25.4. The van der Waals surface area contributed by atoms with Gasteiger partial charge in [-0.15, -0.1) is 0 Å². The smallest absolute Gasteiger partial charge is 0.242 e. The first-order chi connectivity index (χ1) is 15.8. The van der Waals surface area contributed by atoms with E-state index in [0.29, 0.717) is 32.1 Å². The van der Waals surface area contributed by atoms with Crippen molar-refractivity contribution in [1.29, 1.82) is 0 Å². The van der Waals surface area contributed by atoms with Crippen LogP contribution in [0.25, 0.3) is 0 Å². The summed E-state index contributed by atoms with van der Waals surface area (Å²) in [6.07, 6.45) is 0.412. The maximum atomic E-state index is 13.5. The molecule has 0 heterocycles. The second-order valence-electron chi connectivity index (χ2n) is 7.52. The summed E-state index contributed by atoms with van der Waals surface area (Å²) in [5.74, 6) is -0.495. The van der Waals surface area contributed by atoms with E-state index in [4.69, 9.17) is 46.4 Å². The number of nitrogens with one attached hydrogen (secondary N) is 1. The van der Waals surface area contributed by atoms with Crippen LogP contribution in [0.4, 0.5) is 0 Å². The van der Waals surface area contributed by atoms with E-state index in [-0.39, 0.29) is 24.8 Å². The average Bonchev–Trinajstić information content (AvgIpc) is 2.81. The lowest BCUT2D eigenvalue weighted by Crippen LogP contribution is -2.50. The second-order valence-corrected chi connectivity index (χ2v) is 9.14. The first-order valence-electron chi connectivity index (χ1n) is 10.2. The highest BCUT2D eigenvalue weighted by Gasteiger charge is 2.30. The van der Waals surface area contributed by atoms with Crippen LogP contribution in [0.2, 0.25) is 20.1 Å². The van der Waals surface area contributed by atoms with Crippen LogP contribution in [0.3, 0.4) is 0 Å². The number of amides is 2. The normalized spacial score (nSPS) is 11.7. The lowest BCUT2D eigenvalue weighted by molar-refractivity contribution is -0.140. The fourth-order valence-electron chi connectivity index (χ4n) is 3.48. The predicted molar refractivity (Wildman–Crippen MR) is 135 cm³/mol. The summed E-state index contributed by atoms with van der Waals surface area (Å²) in [4.78, 5) is 28.0. The van der Waals surface area contributed by atoms with E-state index in [1.54, 1.807) is 48.3 Å². The number of halogens is 4. The van der Waals surface area contributed by atoms with Gasteiger partial charge in [-0.1, -0.05) is 88.9 Å². The van der Waals surface area contributed by atoms with Gasteiger partial charge in [-0.05, 0) is 41.0 Å². The van der Waals surface area contributed by atoms with Crippen molar-refractivity contribution in [3.05, 3.63) is 104 Å². The summed E-state index contributed by atoms with van der Waals surface area (Å²) >= 11 is 24.4. The summed E-state index contributed by atoms with van der Waals surface area (Å²) in [7, 11) is 1.56. The molecule has 172 valence electrons. The Morgan fingerprint density at radius 2 is 1.36 bits per heavy atom. The summed E-state index contributed by atoms with van der Waals surface area (Å²) < 4.78 is 0. The van der Waals surface area contributed by atoms with Gasteiger partial charge in [0.25, 0.3) is 0 Å². The monoisotopic (exact) mass is 522 g/mol. The third-order valence-corrected chi connectivity index (χ3v) is 6.67. The number of nitrogens with zero attached hydrogens (tertiary/aromatic N) is 1. The Kier molecular flexibility index (Phi) is 9.04. The number of rotatable bonds is 8. The number of benzene rings is 3. The zero-order valence-electron chi connectivity index (χ0n) is 17.8. The summed E-state index contributed by atoms with van der Waals surface area (Å²) in [6, 6.07) is 19.0. The second kappa shape index (κ2) is 11.8. The summed E-state index contributed by atoms with van der Waals surface area (Å²) in [5, 5.41) is 4.26. The number of hydrogen-bond donors (Lipinski definition) is 1. The highest BCUT2D eigenvalue weighted by atomic mass is 35.5. The van der Waals surface area contributed by atoms with E-state index >= 15 is 0 Å². The molecule has 0 spiro atoms. The van der Waals surface area contributed by atoms with Gasteiger partial charge in [0.1, 0.15) is 6.04 Å². The van der Waals surface area contributed by atoms with Gasteiger partial charge in [-0.25, -0.2) is 0 Å². The van der Waals surface area contributed by atoms with Gasteiger partial charge in [0.2, 0.25) is 11.8 Å². The van der Waals surface area contributed by atoms with Crippen LogP contribution in [0, 0.1) is 0 Å². The minimum atomic E-state index is -0.734. The maximum Gasteiger partial charge on any atom is 0.242 e. The minimum Gasteiger partial charge on any atom is -0.357 e. The van der Waals surface area contributed by atoms with E-state index in [1.807, 2.05) is 30.3 Å². The van der Waals surface area contributed by atoms with Crippen LogP contribution < -0.4 is 5.32 Å². The molecule has 3 aromatic carbocycles. The lowest BCUT2D eigenvalue weighted by Gasteiger charge is -2.31. The molecule has 2 amide bonds. The molecule has 0 aliphatic carbocycles. The van der Waals surface area contributed by atoms with Gasteiger partial charge < -0.3 is 10.2 Å². The predicted octanol–water partition coefficient (Wildman–Crippen LogP) is 6.23. The van der Waals surface area contributed by atoms with E-state index < -0.39 is 6.04 Å². The lowest BCUT2D eigenvalue weighted by atomic mass is 10.0. The third-order valence-electron chi connectivity index (χ3n) is 5.19. The Labute approximate surface area is 213 Å². The molecule has 8 heteroatoms. The molecule has 33 heavy (non-hydrogen) atoms. The molecule has 0 bridgehead atoms. The van der Waals surface area contributed by atoms with Gasteiger partial charge in [0.05, 0.1) is 26.5 Å². The maximum absolute atomic E-state index is 13.5. The standard InChI is InChI=1S/C25H22Cl4N2O2/c1-30-25(33)23(13-16-5-3-2-4-6-16)31(15-18-8-10-20(27)22(29)12-18)24(32)14-17-7-9-19(26)21(28)11-17/h2-12,23H,13-15H2,1H3,(H,30,33)/t23-/m0/s1. The minimum absolute atomic E-state index is 0.0560. The number of hydrogen-bond acceptors (Lipinski definition) is 2. The fourth-order valence-corrected chi connectivity index (χ4v) is 4.12. The molecule has 0 aliphatic rings. The zero-order chi connectivity index (χ0) is 24.0. The van der Waals surface area contributed by atoms with Crippen molar-refractivity contribution in [2.45, 2.75) is 25.4 Å². The van der Waals surface area contributed by atoms with E-state index in [9.17, 15) is 9.59 Å². The van der Waals surface area contributed by atoms with E-state index in [1.165, 1.54) is 0 Å². The number of carbonyl (C=O) groups excluding carboxylic acids is 2. The van der Waals surface area contributed by atoms with Crippen LogP contribution >= 0.6 is 46.4 Å². The molecule has 3 rings (SSSR count). The molecule has 0 saturated heterocycles. The van der Waals surface area contributed by atoms with E-state index in [2.05, 4.69) is 5.32 Å².